The normalized spacial score (nSPS) is 21.1. The number of ether oxygens (including phenoxy) is 1. The average molecular weight is 320 g/mol. The Morgan fingerprint density at radius 2 is 2.09 bits per heavy atom. The van der Waals surface area contributed by atoms with E-state index in [-0.39, 0.29) is 23.1 Å². The highest BCUT2D eigenvalue weighted by Crippen LogP contribution is 2.46. The molecular formula is C16H24N4O3. The molecule has 0 bridgehead atoms. The summed E-state index contributed by atoms with van der Waals surface area (Å²) in [6, 6.07) is -0.397. The SMILES string of the molecule is CCC(NC(=O)C1CCCC1)c1nnc(C2(OC)CC2)[nH]c1=O. The van der Waals surface area contributed by atoms with Crippen LogP contribution in [0.2, 0.25) is 0 Å². The van der Waals surface area contributed by atoms with E-state index in [1.807, 2.05) is 6.92 Å². The van der Waals surface area contributed by atoms with Crippen LogP contribution in [0.15, 0.2) is 4.79 Å². The van der Waals surface area contributed by atoms with Crippen LogP contribution in [0.5, 0.6) is 0 Å². The van der Waals surface area contributed by atoms with Crippen molar-refractivity contribution in [2.45, 2.75) is 63.5 Å². The zero-order valence-electron chi connectivity index (χ0n) is 13.7. The third kappa shape index (κ3) is 3.15. The average Bonchev–Trinajstić information content (AvgIpc) is 3.17. The van der Waals surface area contributed by atoms with E-state index >= 15 is 0 Å². The van der Waals surface area contributed by atoms with Gasteiger partial charge in [-0.25, -0.2) is 0 Å². The van der Waals surface area contributed by atoms with Crippen molar-refractivity contribution < 1.29 is 9.53 Å². The molecule has 0 aliphatic heterocycles. The molecule has 0 spiro atoms. The first-order valence-corrected chi connectivity index (χ1v) is 8.42. The first kappa shape index (κ1) is 16.1. The standard InChI is InChI=1S/C16H24N4O3/c1-3-11(17-13(21)10-6-4-5-7-10)12-14(22)18-15(20-19-12)16(23-2)8-9-16/h10-11H,3-9H2,1-2H3,(H,17,21)(H,18,20,22). The fraction of sp³-hybridized carbons (Fsp3) is 0.750. The summed E-state index contributed by atoms with van der Waals surface area (Å²) in [5.74, 6) is 0.569. The molecule has 1 amide bonds. The maximum absolute atomic E-state index is 12.4. The topological polar surface area (TPSA) is 97.0 Å². The Balaban J connectivity index is 1.76. The van der Waals surface area contributed by atoms with Crippen LogP contribution in [0.4, 0.5) is 0 Å². The molecular weight excluding hydrogens is 296 g/mol. The lowest BCUT2D eigenvalue weighted by molar-refractivity contribution is -0.125. The molecule has 2 aliphatic carbocycles. The van der Waals surface area contributed by atoms with E-state index in [0.29, 0.717) is 12.2 Å². The molecule has 0 aromatic carbocycles. The largest absolute Gasteiger partial charge is 0.370 e. The van der Waals surface area contributed by atoms with Crippen LogP contribution < -0.4 is 10.9 Å². The van der Waals surface area contributed by atoms with Crippen molar-refractivity contribution in [3.05, 3.63) is 21.9 Å². The Labute approximate surface area is 135 Å². The molecule has 126 valence electrons. The molecule has 1 aromatic heterocycles. The summed E-state index contributed by atoms with van der Waals surface area (Å²) < 4.78 is 5.41. The number of hydrogen-bond acceptors (Lipinski definition) is 5. The van der Waals surface area contributed by atoms with Crippen LogP contribution in [-0.2, 0) is 15.1 Å². The van der Waals surface area contributed by atoms with Crippen LogP contribution in [0, 0.1) is 5.92 Å². The van der Waals surface area contributed by atoms with Gasteiger partial charge in [0.25, 0.3) is 5.56 Å². The van der Waals surface area contributed by atoms with Crippen molar-refractivity contribution >= 4 is 5.91 Å². The fourth-order valence-corrected chi connectivity index (χ4v) is 3.27. The van der Waals surface area contributed by atoms with Gasteiger partial charge in [0, 0.05) is 13.0 Å². The summed E-state index contributed by atoms with van der Waals surface area (Å²) in [6.07, 6.45) is 6.34. The Bertz CT molecular complexity index is 632. The number of hydrogen-bond donors (Lipinski definition) is 2. The van der Waals surface area contributed by atoms with Gasteiger partial charge < -0.3 is 15.0 Å². The predicted molar refractivity (Wildman–Crippen MR) is 83.7 cm³/mol. The number of rotatable bonds is 6. The molecule has 0 saturated heterocycles. The van der Waals surface area contributed by atoms with Crippen molar-refractivity contribution in [2.24, 2.45) is 5.92 Å². The molecule has 3 rings (SSSR count). The minimum atomic E-state index is -0.473. The molecule has 2 fully saturated rings. The number of aromatic amines is 1. The maximum atomic E-state index is 12.4. The quantitative estimate of drug-likeness (QED) is 0.829. The van der Waals surface area contributed by atoms with Crippen LogP contribution in [-0.4, -0.2) is 28.2 Å². The first-order chi connectivity index (χ1) is 11.1. The van der Waals surface area contributed by atoms with Crippen molar-refractivity contribution in [1.82, 2.24) is 20.5 Å². The van der Waals surface area contributed by atoms with Gasteiger partial charge in [-0.2, -0.15) is 0 Å². The van der Waals surface area contributed by atoms with Gasteiger partial charge in [0.2, 0.25) is 5.91 Å². The second-order valence-corrected chi connectivity index (χ2v) is 6.54. The number of aromatic nitrogens is 3. The van der Waals surface area contributed by atoms with Crippen molar-refractivity contribution in [3.63, 3.8) is 0 Å². The third-order valence-electron chi connectivity index (χ3n) is 5.03. The second-order valence-electron chi connectivity index (χ2n) is 6.54. The minimum Gasteiger partial charge on any atom is -0.370 e. The van der Waals surface area contributed by atoms with E-state index in [4.69, 9.17) is 4.74 Å². The number of carbonyl (C=O) groups is 1. The highest BCUT2D eigenvalue weighted by molar-refractivity contribution is 5.79. The Morgan fingerprint density at radius 1 is 1.39 bits per heavy atom. The van der Waals surface area contributed by atoms with E-state index in [0.717, 1.165) is 38.5 Å². The Hall–Kier alpha value is -1.76. The number of nitrogens with zero attached hydrogens (tertiary/aromatic N) is 2. The molecule has 2 aliphatic rings. The summed E-state index contributed by atoms with van der Waals surface area (Å²) >= 11 is 0. The van der Waals surface area contributed by atoms with Gasteiger partial charge in [-0.05, 0) is 32.1 Å². The predicted octanol–water partition coefficient (Wildman–Crippen LogP) is 1.56. The highest BCUT2D eigenvalue weighted by atomic mass is 16.5. The second kappa shape index (κ2) is 6.39. The summed E-state index contributed by atoms with van der Waals surface area (Å²) in [7, 11) is 1.61. The molecule has 23 heavy (non-hydrogen) atoms. The van der Waals surface area contributed by atoms with Gasteiger partial charge in [0.05, 0.1) is 6.04 Å². The molecule has 2 N–H and O–H groups in total. The molecule has 7 nitrogen and oxygen atoms in total. The summed E-state index contributed by atoms with van der Waals surface area (Å²) in [5.41, 5.74) is -0.495. The van der Waals surface area contributed by atoms with Crippen LogP contribution in [0.1, 0.15) is 69.4 Å². The minimum absolute atomic E-state index is 0.0233. The summed E-state index contributed by atoms with van der Waals surface area (Å²) in [5, 5.41) is 11.2. The van der Waals surface area contributed by atoms with Crippen molar-refractivity contribution in [2.75, 3.05) is 7.11 Å². The lowest BCUT2D eigenvalue weighted by Crippen LogP contribution is -2.37. The first-order valence-electron chi connectivity index (χ1n) is 8.42. The molecule has 1 aromatic rings. The molecule has 1 unspecified atom stereocenters. The van der Waals surface area contributed by atoms with E-state index in [9.17, 15) is 9.59 Å². The van der Waals surface area contributed by atoms with Crippen LogP contribution >= 0.6 is 0 Å². The van der Waals surface area contributed by atoms with Gasteiger partial charge >= 0.3 is 0 Å². The van der Waals surface area contributed by atoms with Gasteiger partial charge in [0.15, 0.2) is 11.5 Å². The van der Waals surface area contributed by atoms with Gasteiger partial charge in [-0.15, -0.1) is 10.2 Å². The number of carbonyl (C=O) groups excluding carboxylic acids is 1. The maximum Gasteiger partial charge on any atom is 0.275 e. The highest BCUT2D eigenvalue weighted by Gasteiger charge is 2.48. The number of amides is 1. The molecule has 0 radical (unpaired) electrons. The van der Waals surface area contributed by atoms with E-state index in [2.05, 4.69) is 20.5 Å². The molecule has 1 heterocycles. The lowest BCUT2D eigenvalue weighted by Gasteiger charge is -2.19. The molecule has 7 heteroatoms. The number of methoxy groups -OCH3 is 1. The number of nitrogens with one attached hydrogen (secondary N) is 2. The monoisotopic (exact) mass is 320 g/mol. The Morgan fingerprint density at radius 3 is 2.61 bits per heavy atom. The van der Waals surface area contributed by atoms with E-state index in [1.54, 1.807) is 7.11 Å². The molecule has 1 atom stereocenters. The molecule has 2 saturated carbocycles. The lowest BCUT2D eigenvalue weighted by atomic mass is 10.1. The zero-order valence-corrected chi connectivity index (χ0v) is 13.7. The fourth-order valence-electron chi connectivity index (χ4n) is 3.27. The van der Waals surface area contributed by atoms with Gasteiger partial charge in [-0.3, -0.25) is 9.59 Å². The van der Waals surface area contributed by atoms with Gasteiger partial charge in [0.1, 0.15) is 5.60 Å². The van der Waals surface area contributed by atoms with Crippen LogP contribution in [0.3, 0.4) is 0 Å². The van der Waals surface area contributed by atoms with Crippen molar-refractivity contribution in [3.8, 4) is 0 Å². The smallest absolute Gasteiger partial charge is 0.275 e. The Kier molecular flexibility index (Phi) is 4.48. The third-order valence-corrected chi connectivity index (χ3v) is 5.03. The van der Waals surface area contributed by atoms with Crippen LogP contribution in [0.25, 0.3) is 0 Å². The zero-order chi connectivity index (χ0) is 16.4. The van der Waals surface area contributed by atoms with Gasteiger partial charge in [-0.1, -0.05) is 19.8 Å². The van der Waals surface area contributed by atoms with E-state index < -0.39 is 11.6 Å². The summed E-state index contributed by atoms with van der Waals surface area (Å²) in [6.45, 7) is 1.92. The number of H-pyrrole nitrogens is 1. The van der Waals surface area contributed by atoms with E-state index in [1.165, 1.54) is 0 Å². The van der Waals surface area contributed by atoms with Crippen molar-refractivity contribution in [1.29, 1.82) is 0 Å². The summed E-state index contributed by atoms with van der Waals surface area (Å²) in [4.78, 5) is 27.4.